The molecule has 3 aromatic rings. The van der Waals surface area contributed by atoms with Crippen molar-refractivity contribution in [3.8, 4) is 11.5 Å². The molecule has 0 spiro atoms. The van der Waals surface area contributed by atoms with E-state index in [1.807, 2.05) is 0 Å². The van der Waals surface area contributed by atoms with Crippen LogP contribution >= 0.6 is 11.3 Å². The Morgan fingerprint density at radius 1 is 1.07 bits per heavy atom. The van der Waals surface area contributed by atoms with Crippen molar-refractivity contribution in [2.45, 2.75) is 39.7 Å². The van der Waals surface area contributed by atoms with E-state index in [0.29, 0.717) is 41.5 Å². The fourth-order valence-electron chi connectivity index (χ4n) is 4.32. The molecule has 4 rings (SSSR count). The van der Waals surface area contributed by atoms with E-state index in [1.54, 1.807) is 68.5 Å². The number of aliphatic hydroxyl groups excluding tert-OH is 1. The van der Waals surface area contributed by atoms with Gasteiger partial charge in [0.2, 0.25) is 0 Å². The highest BCUT2D eigenvalue weighted by atomic mass is 32.1. The van der Waals surface area contributed by atoms with Crippen LogP contribution in [-0.2, 0) is 14.3 Å². The van der Waals surface area contributed by atoms with Crippen molar-refractivity contribution >= 4 is 39.9 Å². The maximum atomic E-state index is 13.5. The number of carbonyl (C=O) groups is 3. The average Bonchev–Trinajstić information content (AvgIpc) is 3.48. The number of carbonyl (C=O) groups excluding carboxylic acids is 3. The number of ketones is 1. The molecule has 0 radical (unpaired) electrons. The largest absolute Gasteiger partial charge is 0.507 e. The number of aryl methyl sites for hydroxylation is 1. The predicted molar refractivity (Wildman–Crippen MR) is 157 cm³/mol. The zero-order chi connectivity index (χ0) is 29.5. The van der Waals surface area contributed by atoms with E-state index in [1.165, 1.54) is 4.90 Å². The minimum Gasteiger partial charge on any atom is -0.507 e. The normalized spacial score (nSPS) is 16.1. The van der Waals surface area contributed by atoms with Gasteiger partial charge in [0.05, 0.1) is 30.5 Å². The summed E-state index contributed by atoms with van der Waals surface area (Å²) in [6.07, 6.45) is 3.53. The molecule has 1 amide bonds. The van der Waals surface area contributed by atoms with Gasteiger partial charge >= 0.3 is 11.9 Å². The first kappa shape index (κ1) is 29.5. The molecule has 1 aliphatic rings. The highest BCUT2D eigenvalue weighted by molar-refractivity contribution is 7.17. The number of Topliss-reactive ketones (excluding diaryl/α,β-unsaturated/α-hetero) is 1. The molecular formula is C31H32N2O7S. The molecule has 9 nitrogen and oxygen atoms in total. The number of thiazole rings is 1. The van der Waals surface area contributed by atoms with Gasteiger partial charge in [-0.3, -0.25) is 14.5 Å². The van der Waals surface area contributed by atoms with Crippen LogP contribution in [0, 0.1) is 6.92 Å². The van der Waals surface area contributed by atoms with E-state index in [4.69, 9.17) is 14.2 Å². The number of aromatic nitrogens is 1. The molecule has 1 aliphatic heterocycles. The third-order valence-corrected chi connectivity index (χ3v) is 7.49. The Morgan fingerprint density at radius 2 is 1.73 bits per heavy atom. The van der Waals surface area contributed by atoms with Gasteiger partial charge in [-0.1, -0.05) is 49.5 Å². The standard InChI is InChI=1S/C31H32N2O7S/c1-5-8-18-40-23-15-11-21(12-16-23)26(34)24-25(20-9-13-22(14-10-20)39-17-6-2)33(29(36)27(24)35)31-32-19(4)28(41-31)30(37)38-7-3/h6,9-16,25,34H,2,5,7-8,17-18H2,1,3-4H3. The highest BCUT2D eigenvalue weighted by Gasteiger charge is 2.48. The van der Waals surface area contributed by atoms with Gasteiger partial charge in [-0.2, -0.15) is 0 Å². The molecule has 1 fully saturated rings. The van der Waals surface area contributed by atoms with Crippen LogP contribution in [0.2, 0.25) is 0 Å². The first-order chi connectivity index (χ1) is 19.8. The lowest BCUT2D eigenvalue weighted by Gasteiger charge is -2.23. The van der Waals surface area contributed by atoms with Crippen molar-refractivity contribution in [1.82, 2.24) is 4.98 Å². The number of rotatable bonds is 12. The highest BCUT2D eigenvalue weighted by Crippen LogP contribution is 2.44. The van der Waals surface area contributed by atoms with Gasteiger partial charge in [0.1, 0.15) is 28.7 Å². The number of ether oxygens (including phenoxy) is 3. The molecular weight excluding hydrogens is 544 g/mol. The zero-order valence-corrected chi connectivity index (χ0v) is 24.0. The SMILES string of the molecule is C=CCOc1ccc(C2C(=C(O)c3ccc(OCCCC)cc3)C(=O)C(=O)N2c2nc(C)c(C(=O)OCC)s2)cc1. The summed E-state index contributed by atoms with van der Waals surface area (Å²) >= 11 is 0.955. The maximum Gasteiger partial charge on any atom is 0.350 e. The van der Waals surface area contributed by atoms with E-state index >= 15 is 0 Å². The van der Waals surface area contributed by atoms with Crippen LogP contribution in [0.4, 0.5) is 5.13 Å². The predicted octanol–water partition coefficient (Wildman–Crippen LogP) is 6.00. The van der Waals surface area contributed by atoms with Crippen molar-refractivity contribution in [2.24, 2.45) is 0 Å². The third-order valence-electron chi connectivity index (χ3n) is 6.35. The van der Waals surface area contributed by atoms with Gasteiger partial charge in [0, 0.05) is 5.56 Å². The minimum absolute atomic E-state index is 0.0973. The Hall–Kier alpha value is -4.44. The fourth-order valence-corrected chi connectivity index (χ4v) is 5.30. The van der Waals surface area contributed by atoms with Crippen molar-refractivity contribution in [1.29, 1.82) is 0 Å². The van der Waals surface area contributed by atoms with Crippen LogP contribution in [0.3, 0.4) is 0 Å². The minimum atomic E-state index is -1.01. The van der Waals surface area contributed by atoms with Crippen LogP contribution in [0.5, 0.6) is 11.5 Å². The smallest absolute Gasteiger partial charge is 0.350 e. The number of benzene rings is 2. The molecule has 0 bridgehead atoms. The van der Waals surface area contributed by atoms with Gasteiger partial charge in [0.25, 0.3) is 5.78 Å². The Kier molecular flexibility index (Phi) is 9.57. The number of anilines is 1. The molecule has 2 heterocycles. The van der Waals surface area contributed by atoms with E-state index in [9.17, 15) is 19.5 Å². The van der Waals surface area contributed by atoms with Crippen molar-refractivity contribution in [3.05, 3.63) is 88.5 Å². The second-order valence-corrected chi connectivity index (χ2v) is 10.2. The lowest BCUT2D eigenvalue weighted by molar-refractivity contribution is -0.132. The summed E-state index contributed by atoms with van der Waals surface area (Å²) in [5, 5.41) is 11.6. The number of amides is 1. The van der Waals surface area contributed by atoms with Crippen molar-refractivity contribution < 1.29 is 33.7 Å². The second-order valence-electron chi connectivity index (χ2n) is 9.20. The Labute approximate surface area is 242 Å². The molecule has 1 atom stereocenters. The number of hydrogen-bond donors (Lipinski definition) is 1. The van der Waals surface area contributed by atoms with E-state index in [2.05, 4.69) is 18.5 Å². The summed E-state index contributed by atoms with van der Waals surface area (Å²) in [5.74, 6) is -1.43. The molecule has 0 saturated carbocycles. The number of unbranched alkanes of at least 4 members (excludes halogenated alkanes) is 1. The number of nitrogens with zero attached hydrogens (tertiary/aromatic N) is 2. The van der Waals surface area contributed by atoms with E-state index < -0.39 is 23.7 Å². The lowest BCUT2D eigenvalue weighted by Crippen LogP contribution is -2.29. The molecule has 1 unspecified atom stereocenters. The molecule has 10 heteroatoms. The van der Waals surface area contributed by atoms with Crippen LogP contribution in [0.25, 0.3) is 5.76 Å². The summed E-state index contributed by atoms with van der Waals surface area (Å²) in [4.78, 5) is 45.3. The average molecular weight is 577 g/mol. The Bertz CT molecular complexity index is 1460. The molecule has 0 aliphatic carbocycles. The molecule has 1 aromatic heterocycles. The van der Waals surface area contributed by atoms with Crippen molar-refractivity contribution in [3.63, 3.8) is 0 Å². The van der Waals surface area contributed by atoms with Gasteiger partial charge < -0.3 is 19.3 Å². The first-order valence-electron chi connectivity index (χ1n) is 13.3. The van der Waals surface area contributed by atoms with Gasteiger partial charge in [-0.15, -0.1) is 0 Å². The lowest BCUT2D eigenvalue weighted by atomic mass is 9.95. The van der Waals surface area contributed by atoms with E-state index in [-0.39, 0.29) is 27.9 Å². The number of esters is 1. The maximum absolute atomic E-state index is 13.5. The topological polar surface area (TPSA) is 115 Å². The van der Waals surface area contributed by atoms with Crippen LogP contribution in [0.15, 0.2) is 66.8 Å². The molecule has 41 heavy (non-hydrogen) atoms. The molecule has 1 N–H and O–H groups in total. The number of hydrogen-bond acceptors (Lipinski definition) is 9. The third kappa shape index (κ3) is 6.33. The molecule has 2 aromatic carbocycles. The zero-order valence-electron chi connectivity index (χ0n) is 23.2. The summed E-state index contributed by atoms with van der Waals surface area (Å²) in [7, 11) is 0. The monoisotopic (exact) mass is 576 g/mol. The molecule has 214 valence electrons. The van der Waals surface area contributed by atoms with Gasteiger partial charge in [0.15, 0.2) is 5.13 Å². The summed E-state index contributed by atoms with van der Waals surface area (Å²) in [6, 6.07) is 12.5. The quantitative estimate of drug-likeness (QED) is 0.0697. The summed E-state index contributed by atoms with van der Waals surface area (Å²) in [5.41, 5.74) is 1.17. The Balaban J connectivity index is 1.80. The fraction of sp³-hybridized carbons (Fsp3) is 0.290. The molecule has 1 saturated heterocycles. The van der Waals surface area contributed by atoms with Gasteiger partial charge in [-0.25, -0.2) is 9.78 Å². The summed E-state index contributed by atoms with van der Waals surface area (Å²) in [6.45, 7) is 10.1. The second kappa shape index (κ2) is 13.3. The Morgan fingerprint density at radius 3 is 2.37 bits per heavy atom. The van der Waals surface area contributed by atoms with Crippen LogP contribution < -0.4 is 14.4 Å². The van der Waals surface area contributed by atoms with Gasteiger partial charge in [-0.05, 0) is 62.2 Å². The first-order valence-corrected chi connectivity index (χ1v) is 14.1. The van der Waals surface area contributed by atoms with Crippen LogP contribution in [-0.4, -0.2) is 47.6 Å². The summed E-state index contributed by atoms with van der Waals surface area (Å²) < 4.78 is 16.4. The van der Waals surface area contributed by atoms with E-state index in [0.717, 1.165) is 24.2 Å². The van der Waals surface area contributed by atoms with Crippen molar-refractivity contribution in [2.75, 3.05) is 24.7 Å². The van der Waals surface area contributed by atoms with Crippen LogP contribution in [0.1, 0.15) is 59.2 Å². The number of aliphatic hydroxyl groups is 1.